The van der Waals surface area contributed by atoms with Gasteiger partial charge in [0.15, 0.2) is 5.78 Å². The predicted octanol–water partition coefficient (Wildman–Crippen LogP) is 1.48. The van der Waals surface area contributed by atoms with E-state index in [1.54, 1.807) is 24.3 Å². The van der Waals surface area contributed by atoms with Gasteiger partial charge in [-0.15, -0.1) is 0 Å². The molecule has 0 bridgehead atoms. The summed E-state index contributed by atoms with van der Waals surface area (Å²) in [4.78, 5) is 48.9. The first-order valence-corrected chi connectivity index (χ1v) is 13.5. The Morgan fingerprint density at radius 1 is 1.03 bits per heavy atom. The lowest BCUT2D eigenvalue weighted by atomic mass is 10.1. The number of anilines is 1. The number of nitrogens with one attached hydrogen (secondary N) is 2. The minimum atomic E-state index is -4.19. The highest BCUT2D eigenvalue weighted by Crippen LogP contribution is 2.17. The molecule has 1 atom stereocenters. The van der Waals surface area contributed by atoms with Gasteiger partial charge in [-0.05, 0) is 67.8 Å². The van der Waals surface area contributed by atoms with E-state index in [0.29, 0.717) is 22.5 Å². The molecule has 1 heterocycles. The Balaban J connectivity index is 1.91. The van der Waals surface area contributed by atoms with Gasteiger partial charge in [0.25, 0.3) is 5.56 Å². The molecule has 12 heteroatoms. The van der Waals surface area contributed by atoms with Crippen molar-refractivity contribution in [1.29, 1.82) is 0 Å². The van der Waals surface area contributed by atoms with Crippen molar-refractivity contribution in [3.63, 3.8) is 0 Å². The highest BCUT2D eigenvalue weighted by molar-refractivity contribution is 7.98. The summed E-state index contributed by atoms with van der Waals surface area (Å²) in [6.07, 6.45) is 2.06. The largest absolute Gasteiger partial charge is 0.330 e. The van der Waals surface area contributed by atoms with Crippen molar-refractivity contribution in [3.05, 3.63) is 68.9 Å². The molecular weight excluding hydrogens is 492 g/mol. The fourth-order valence-electron chi connectivity index (χ4n) is 3.49. The number of nitrogens with zero attached hydrogens (tertiary/aromatic N) is 2. The molecule has 0 radical (unpaired) electrons. The van der Waals surface area contributed by atoms with Gasteiger partial charge in [0.1, 0.15) is 6.04 Å². The summed E-state index contributed by atoms with van der Waals surface area (Å²) < 4.78 is 30.9. The molecule has 0 aliphatic heterocycles. The van der Waals surface area contributed by atoms with Gasteiger partial charge in [-0.1, -0.05) is 0 Å². The van der Waals surface area contributed by atoms with Crippen LogP contribution >= 0.6 is 11.8 Å². The molecule has 0 fully saturated rings. The molecule has 3 rings (SSSR count). The van der Waals surface area contributed by atoms with Crippen LogP contribution in [0.4, 0.5) is 5.69 Å². The number of Topliss-reactive ketones (excluding diaryl/α,β-unsaturated/α-hetero) is 1. The Labute approximate surface area is 206 Å². The number of hydrogen-bond acceptors (Lipinski definition) is 7. The third-order valence-corrected chi connectivity index (χ3v) is 7.65. The Morgan fingerprint density at radius 2 is 1.69 bits per heavy atom. The smallest absolute Gasteiger partial charge is 0.325 e. The van der Waals surface area contributed by atoms with Crippen LogP contribution in [0.2, 0.25) is 0 Å². The van der Waals surface area contributed by atoms with Crippen LogP contribution in [-0.4, -0.2) is 47.3 Å². The van der Waals surface area contributed by atoms with E-state index in [1.807, 2.05) is 6.26 Å². The number of benzene rings is 2. The number of sulfonamides is 1. The van der Waals surface area contributed by atoms with E-state index in [9.17, 15) is 27.6 Å². The number of thioether (sulfide) groups is 1. The summed E-state index contributed by atoms with van der Waals surface area (Å²) in [6.45, 7) is 1.43. The summed E-state index contributed by atoms with van der Waals surface area (Å²) in [7, 11) is -1.39. The first kappa shape index (κ1) is 26.4. The molecule has 0 unspecified atom stereocenters. The Morgan fingerprint density at radius 3 is 2.29 bits per heavy atom. The molecule has 1 aromatic heterocycles. The topological polar surface area (TPSA) is 136 Å². The molecule has 186 valence electrons. The fourth-order valence-corrected chi connectivity index (χ4v) is 5.22. The minimum absolute atomic E-state index is 0.0631. The van der Waals surface area contributed by atoms with Gasteiger partial charge in [0.05, 0.1) is 15.8 Å². The van der Waals surface area contributed by atoms with Gasteiger partial charge in [-0.2, -0.15) is 16.5 Å². The summed E-state index contributed by atoms with van der Waals surface area (Å²) in [5.74, 6) is -0.152. The van der Waals surface area contributed by atoms with E-state index in [4.69, 9.17) is 0 Å². The first-order chi connectivity index (χ1) is 16.5. The molecule has 0 spiro atoms. The van der Waals surface area contributed by atoms with Crippen molar-refractivity contribution < 1.29 is 18.0 Å². The lowest BCUT2D eigenvalue weighted by molar-refractivity contribution is -0.117. The quantitative estimate of drug-likeness (QED) is 0.410. The Kier molecular flexibility index (Phi) is 7.98. The van der Waals surface area contributed by atoms with E-state index < -0.39 is 33.2 Å². The Hall–Kier alpha value is -3.22. The molecule has 2 aromatic carbocycles. The number of carbonyl (C=O) groups is 2. The second kappa shape index (κ2) is 10.6. The maximum absolute atomic E-state index is 13.2. The van der Waals surface area contributed by atoms with E-state index in [2.05, 4.69) is 10.0 Å². The number of aromatic nitrogens is 2. The standard InChI is InChI=1S/C23H26N4O6S2/c1-14(28)15-5-7-16(8-6-15)24-21(29)19(11-12-34-4)25-35(32,33)17-9-10-20-18(13-17)22(30)27(3)23(31)26(20)2/h5-10,13,19,25H,11-12H2,1-4H3,(H,24,29)/t19-/m0/s1. The molecule has 3 aromatic rings. The number of ketones is 1. The van der Waals surface area contributed by atoms with Crippen LogP contribution in [0.15, 0.2) is 56.9 Å². The van der Waals surface area contributed by atoms with Crippen molar-refractivity contribution in [2.24, 2.45) is 14.1 Å². The zero-order chi connectivity index (χ0) is 25.9. The van der Waals surface area contributed by atoms with Crippen molar-refractivity contribution in [3.8, 4) is 0 Å². The maximum atomic E-state index is 13.2. The summed E-state index contributed by atoms with van der Waals surface area (Å²) >= 11 is 1.46. The molecule has 1 amide bonds. The first-order valence-electron chi connectivity index (χ1n) is 10.6. The monoisotopic (exact) mass is 518 g/mol. The summed E-state index contributed by atoms with van der Waals surface area (Å²) in [6, 6.07) is 9.07. The van der Waals surface area contributed by atoms with Crippen LogP contribution in [0.25, 0.3) is 10.9 Å². The van der Waals surface area contributed by atoms with E-state index >= 15 is 0 Å². The summed E-state index contributed by atoms with van der Waals surface area (Å²) in [5, 5.41) is 2.74. The SMILES string of the molecule is CSCC[C@H](NS(=O)(=O)c1ccc2c(c1)c(=O)n(C)c(=O)n2C)C(=O)Nc1ccc(C(C)=O)cc1. The normalized spacial score (nSPS) is 12.5. The van der Waals surface area contributed by atoms with E-state index in [0.717, 1.165) is 4.57 Å². The average Bonchev–Trinajstić information content (AvgIpc) is 2.83. The zero-order valence-corrected chi connectivity index (χ0v) is 21.3. The van der Waals surface area contributed by atoms with Crippen molar-refractivity contribution in [2.45, 2.75) is 24.3 Å². The molecular formula is C23H26N4O6S2. The molecule has 0 aliphatic rings. The number of amides is 1. The predicted molar refractivity (Wildman–Crippen MR) is 137 cm³/mol. The maximum Gasteiger partial charge on any atom is 0.330 e. The minimum Gasteiger partial charge on any atom is -0.325 e. The highest BCUT2D eigenvalue weighted by atomic mass is 32.2. The third kappa shape index (κ3) is 5.72. The van der Waals surface area contributed by atoms with Crippen LogP contribution in [0, 0.1) is 0 Å². The highest BCUT2D eigenvalue weighted by Gasteiger charge is 2.26. The van der Waals surface area contributed by atoms with E-state index in [-0.39, 0.29) is 22.5 Å². The van der Waals surface area contributed by atoms with Crippen LogP contribution in [0.3, 0.4) is 0 Å². The second-order valence-corrected chi connectivity index (χ2v) is 10.7. The summed E-state index contributed by atoms with van der Waals surface area (Å²) in [5.41, 5.74) is 0.0565. The molecule has 2 N–H and O–H groups in total. The van der Waals surface area contributed by atoms with Crippen LogP contribution < -0.4 is 21.3 Å². The molecule has 35 heavy (non-hydrogen) atoms. The average molecular weight is 519 g/mol. The number of aryl methyl sites for hydroxylation is 1. The molecule has 0 saturated heterocycles. The van der Waals surface area contributed by atoms with Crippen LogP contribution in [0.1, 0.15) is 23.7 Å². The molecule has 0 aliphatic carbocycles. The van der Waals surface area contributed by atoms with Gasteiger partial charge in [-0.25, -0.2) is 13.2 Å². The van der Waals surface area contributed by atoms with Gasteiger partial charge in [-0.3, -0.25) is 23.5 Å². The van der Waals surface area contributed by atoms with Gasteiger partial charge in [0, 0.05) is 25.3 Å². The number of carbonyl (C=O) groups excluding carboxylic acids is 2. The zero-order valence-electron chi connectivity index (χ0n) is 19.7. The van der Waals surface area contributed by atoms with Gasteiger partial charge in [0.2, 0.25) is 15.9 Å². The fraction of sp³-hybridized carbons (Fsp3) is 0.304. The van der Waals surface area contributed by atoms with Gasteiger partial charge < -0.3 is 5.32 Å². The second-order valence-electron chi connectivity index (χ2n) is 7.96. The third-order valence-electron chi connectivity index (χ3n) is 5.53. The van der Waals surface area contributed by atoms with Crippen LogP contribution in [-0.2, 0) is 28.9 Å². The van der Waals surface area contributed by atoms with Crippen LogP contribution in [0.5, 0.6) is 0 Å². The lowest BCUT2D eigenvalue weighted by Crippen LogP contribution is -2.44. The number of fused-ring (bicyclic) bond motifs is 1. The van der Waals surface area contributed by atoms with Crippen molar-refractivity contribution in [2.75, 3.05) is 17.3 Å². The lowest BCUT2D eigenvalue weighted by Gasteiger charge is -2.19. The van der Waals surface area contributed by atoms with Gasteiger partial charge >= 0.3 is 5.69 Å². The van der Waals surface area contributed by atoms with E-state index in [1.165, 1.54) is 55.5 Å². The molecule has 10 nitrogen and oxygen atoms in total. The number of hydrogen-bond donors (Lipinski definition) is 2. The van der Waals surface area contributed by atoms with Crippen molar-refractivity contribution >= 4 is 50.1 Å². The Bertz CT molecular complexity index is 1510. The number of rotatable bonds is 9. The van der Waals surface area contributed by atoms with Crippen molar-refractivity contribution in [1.82, 2.24) is 13.9 Å². The molecule has 0 saturated carbocycles.